The summed E-state index contributed by atoms with van der Waals surface area (Å²) in [4.78, 5) is 9.89. The number of hydrogen-bond donors (Lipinski definition) is 0. The Bertz CT molecular complexity index is 671. The molecule has 0 N–H and O–H groups in total. The van der Waals surface area contributed by atoms with Crippen LogP contribution in [0, 0.1) is 0 Å². The van der Waals surface area contributed by atoms with Crippen molar-refractivity contribution in [2.45, 2.75) is 0 Å². The van der Waals surface area contributed by atoms with E-state index in [1.807, 2.05) is 24.3 Å². The maximum absolute atomic E-state index is 5.25. The molecule has 0 unspecified atom stereocenters. The Labute approximate surface area is 161 Å². The molecule has 2 saturated heterocycles. The molecule has 2 aliphatic rings. The molecule has 2 aromatic carbocycles. The number of rotatable bonds is 6. The lowest BCUT2D eigenvalue weighted by molar-refractivity contribution is 0.184. The van der Waals surface area contributed by atoms with E-state index < -0.39 is 0 Å². The van der Waals surface area contributed by atoms with Crippen molar-refractivity contribution in [3.05, 3.63) is 48.5 Å². The monoisotopic (exact) mass is 368 g/mol. The number of benzene rings is 2. The van der Waals surface area contributed by atoms with Gasteiger partial charge in [0.1, 0.15) is 11.5 Å². The van der Waals surface area contributed by atoms with E-state index in [1.54, 1.807) is 14.2 Å². The molecule has 2 aromatic rings. The van der Waals surface area contributed by atoms with Crippen LogP contribution in [0.4, 0.5) is 11.4 Å². The normalized spacial score (nSPS) is 18.3. The highest BCUT2D eigenvalue weighted by Gasteiger charge is 2.26. The molecule has 0 bridgehead atoms. The van der Waals surface area contributed by atoms with E-state index in [-0.39, 0.29) is 0 Å². The molecule has 0 atom stereocenters. The number of methoxy groups -OCH3 is 2. The van der Waals surface area contributed by atoms with Crippen LogP contribution in [0.1, 0.15) is 0 Å². The van der Waals surface area contributed by atoms with E-state index in [4.69, 9.17) is 9.47 Å². The zero-order chi connectivity index (χ0) is 18.6. The van der Waals surface area contributed by atoms with Crippen molar-refractivity contribution < 1.29 is 9.47 Å². The van der Waals surface area contributed by atoms with Crippen LogP contribution in [0.15, 0.2) is 48.5 Å². The fraction of sp³-hybridized carbons (Fsp3) is 0.429. The maximum atomic E-state index is 5.25. The van der Waals surface area contributed by atoms with Gasteiger partial charge in [0.25, 0.3) is 0 Å². The molecule has 6 nitrogen and oxygen atoms in total. The summed E-state index contributed by atoms with van der Waals surface area (Å²) in [6.07, 6.45) is 0. The third kappa shape index (κ3) is 4.12. The quantitative estimate of drug-likeness (QED) is 0.779. The van der Waals surface area contributed by atoms with Gasteiger partial charge in [0.05, 0.1) is 34.2 Å². The number of hydrogen-bond acceptors (Lipinski definition) is 6. The van der Waals surface area contributed by atoms with E-state index in [9.17, 15) is 0 Å². The Morgan fingerprint density at radius 1 is 0.630 bits per heavy atom. The Kier molecular flexibility index (Phi) is 5.36. The Morgan fingerprint density at radius 3 is 1.41 bits per heavy atom. The van der Waals surface area contributed by atoms with E-state index in [0.717, 1.165) is 57.7 Å². The standard InChI is InChI=1S/C21H28N4O2/c1-26-20-7-3-18(4-8-20)24-13-11-22(16-24)15-23-12-14-25(17-23)19-5-9-21(27-2)10-6-19/h3-10H,11-17H2,1-2H3. The number of ether oxygens (including phenoxy) is 2. The van der Waals surface area contributed by atoms with Gasteiger partial charge in [-0.15, -0.1) is 0 Å². The lowest BCUT2D eigenvalue weighted by Gasteiger charge is -2.25. The fourth-order valence-corrected chi connectivity index (χ4v) is 3.81. The molecule has 2 heterocycles. The Balaban J connectivity index is 1.28. The second-order valence-electron chi connectivity index (χ2n) is 7.14. The van der Waals surface area contributed by atoms with E-state index in [2.05, 4.69) is 43.9 Å². The van der Waals surface area contributed by atoms with Crippen LogP contribution in [0.5, 0.6) is 11.5 Å². The van der Waals surface area contributed by atoms with Crippen LogP contribution in [0.3, 0.4) is 0 Å². The van der Waals surface area contributed by atoms with Crippen LogP contribution < -0.4 is 19.3 Å². The van der Waals surface area contributed by atoms with Gasteiger partial charge in [0.15, 0.2) is 0 Å². The van der Waals surface area contributed by atoms with Gasteiger partial charge in [-0.25, -0.2) is 0 Å². The summed E-state index contributed by atoms with van der Waals surface area (Å²) < 4.78 is 10.5. The van der Waals surface area contributed by atoms with Gasteiger partial charge in [-0.1, -0.05) is 0 Å². The first-order valence-electron chi connectivity index (χ1n) is 9.48. The highest BCUT2D eigenvalue weighted by molar-refractivity contribution is 5.50. The molecule has 0 aliphatic carbocycles. The second kappa shape index (κ2) is 8.06. The first kappa shape index (κ1) is 17.9. The van der Waals surface area contributed by atoms with Crippen LogP contribution in [-0.4, -0.2) is 70.2 Å². The molecular weight excluding hydrogens is 340 g/mol. The zero-order valence-corrected chi connectivity index (χ0v) is 16.2. The highest BCUT2D eigenvalue weighted by Crippen LogP contribution is 2.24. The molecular formula is C21H28N4O2. The molecule has 2 aliphatic heterocycles. The minimum Gasteiger partial charge on any atom is -0.497 e. The maximum Gasteiger partial charge on any atom is 0.119 e. The summed E-state index contributed by atoms with van der Waals surface area (Å²) in [6, 6.07) is 16.7. The summed E-state index contributed by atoms with van der Waals surface area (Å²) in [5, 5.41) is 0. The largest absolute Gasteiger partial charge is 0.497 e. The van der Waals surface area contributed by atoms with Gasteiger partial charge in [-0.3, -0.25) is 9.80 Å². The molecule has 144 valence electrons. The molecule has 4 rings (SSSR count). The molecule has 0 spiro atoms. The van der Waals surface area contributed by atoms with Gasteiger partial charge < -0.3 is 19.3 Å². The van der Waals surface area contributed by atoms with Crippen molar-refractivity contribution in [3.8, 4) is 11.5 Å². The van der Waals surface area contributed by atoms with Crippen molar-refractivity contribution >= 4 is 11.4 Å². The summed E-state index contributed by atoms with van der Waals surface area (Å²) in [7, 11) is 3.41. The minimum absolute atomic E-state index is 0.908. The SMILES string of the molecule is COc1ccc(N2CCN(CN3CCN(c4ccc(OC)cc4)C3)C2)cc1. The second-order valence-corrected chi connectivity index (χ2v) is 7.14. The van der Waals surface area contributed by atoms with E-state index >= 15 is 0 Å². The molecule has 0 aromatic heterocycles. The lowest BCUT2D eigenvalue weighted by atomic mass is 10.3. The highest BCUT2D eigenvalue weighted by atomic mass is 16.5. The van der Waals surface area contributed by atoms with Crippen LogP contribution in [0.2, 0.25) is 0 Å². The topological polar surface area (TPSA) is 31.4 Å². The van der Waals surface area contributed by atoms with Gasteiger partial charge in [-0.05, 0) is 48.5 Å². The van der Waals surface area contributed by atoms with Gasteiger partial charge in [0.2, 0.25) is 0 Å². The zero-order valence-electron chi connectivity index (χ0n) is 16.2. The summed E-state index contributed by atoms with van der Waals surface area (Å²) in [5.41, 5.74) is 2.53. The third-order valence-electron chi connectivity index (χ3n) is 5.39. The first-order valence-corrected chi connectivity index (χ1v) is 9.48. The van der Waals surface area contributed by atoms with Gasteiger partial charge in [-0.2, -0.15) is 0 Å². The molecule has 2 fully saturated rings. The van der Waals surface area contributed by atoms with Crippen molar-refractivity contribution in [3.63, 3.8) is 0 Å². The van der Waals surface area contributed by atoms with Crippen molar-refractivity contribution in [2.24, 2.45) is 0 Å². The summed E-state index contributed by atoms with van der Waals surface area (Å²) in [5.74, 6) is 1.82. The molecule has 0 saturated carbocycles. The van der Waals surface area contributed by atoms with Crippen molar-refractivity contribution in [2.75, 3.05) is 70.2 Å². The lowest BCUT2D eigenvalue weighted by Crippen LogP contribution is -2.37. The third-order valence-corrected chi connectivity index (χ3v) is 5.39. The molecule has 27 heavy (non-hydrogen) atoms. The fourth-order valence-electron chi connectivity index (χ4n) is 3.81. The predicted octanol–water partition coefficient (Wildman–Crippen LogP) is 2.52. The summed E-state index contributed by atoms with van der Waals surface area (Å²) in [6.45, 7) is 7.32. The first-order chi connectivity index (χ1) is 13.2. The molecule has 6 heteroatoms. The van der Waals surface area contributed by atoms with Gasteiger partial charge >= 0.3 is 0 Å². The van der Waals surface area contributed by atoms with E-state index in [0.29, 0.717) is 0 Å². The Hall–Kier alpha value is -2.44. The van der Waals surface area contributed by atoms with Gasteiger partial charge in [0, 0.05) is 37.6 Å². The van der Waals surface area contributed by atoms with Crippen molar-refractivity contribution in [1.82, 2.24) is 9.80 Å². The van der Waals surface area contributed by atoms with Crippen LogP contribution in [0.25, 0.3) is 0 Å². The summed E-state index contributed by atoms with van der Waals surface area (Å²) >= 11 is 0. The molecule has 0 amide bonds. The minimum atomic E-state index is 0.908. The van der Waals surface area contributed by atoms with E-state index in [1.165, 1.54) is 11.4 Å². The van der Waals surface area contributed by atoms with Crippen LogP contribution >= 0.6 is 0 Å². The number of anilines is 2. The average molecular weight is 368 g/mol. The average Bonchev–Trinajstić information content (AvgIpc) is 3.38. The Morgan fingerprint density at radius 2 is 1.04 bits per heavy atom. The predicted molar refractivity (Wildman–Crippen MR) is 109 cm³/mol. The van der Waals surface area contributed by atoms with Crippen LogP contribution in [-0.2, 0) is 0 Å². The van der Waals surface area contributed by atoms with Crippen molar-refractivity contribution in [1.29, 1.82) is 0 Å². The smallest absolute Gasteiger partial charge is 0.119 e. The number of nitrogens with zero attached hydrogens (tertiary/aromatic N) is 4. The molecule has 0 radical (unpaired) electrons.